The van der Waals surface area contributed by atoms with Gasteiger partial charge < -0.3 is 10.3 Å². The van der Waals surface area contributed by atoms with Crippen molar-refractivity contribution in [1.82, 2.24) is 9.55 Å². The maximum absolute atomic E-state index is 5.56. The highest BCUT2D eigenvalue weighted by Gasteiger charge is 1.98. The highest BCUT2D eigenvalue weighted by atomic mass is 15.1. The fourth-order valence-electron chi connectivity index (χ4n) is 0.820. The average Bonchev–Trinajstić information content (AvgIpc) is 2.29. The summed E-state index contributed by atoms with van der Waals surface area (Å²) >= 11 is 0. The van der Waals surface area contributed by atoms with Crippen LogP contribution >= 0.6 is 0 Å². The van der Waals surface area contributed by atoms with Gasteiger partial charge in [0.1, 0.15) is 5.82 Å². The number of aromatic nitrogens is 2. The zero-order chi connectivity index (χ0) is 8.27. The van der Waals surface area contributed by atoms with Gasteiger partial charge in [0, 0.05) is 7.05 Å². The number of hydrogen-bond acceptors (Lipinski definition) is 2. The first-order valence-corrected chi connectivity index (χ1v) is 3.31. The van der Waals surface area contributed by atoms with Crippen molar-refractivity contribution in [3.8, 4) is 0 Å². The molecule has 1 rings (SSSR count). The quantitative estimate of drug-likeness (QED) is 0.642. The fraction of sp³-hybridized carbons (Fsp3) is 0.125. The van der Waals surface area contributed by atoms with E-state index in [0.717, 1.165) is 5.69 Å². The van der Waals surface area contributed by atoms with Crippen LogP contribution in [0.15, 0.2) is 25.1 Å². The zero-order valence-electron chi connectivity index (χ0n) is 6.49. The van der Waals surface area contributed by atoms with Gasteiger partial charge in [0.15, 0.2) is 0 Å². The number of nitrogen functional groups attached to an aromatic ring is 1. The second kappa shape index (κ2) is 3.05. The fourth-order valence-corrected chi connectivity index (χ4v) is 0.820. The average molecular weight is 149 g/mol. The minimum Gasteiger partial charge on any atom is -0.382 e. The molecule has 0 amide bonds. The Morgan fingerprint density at radius 3 is 2.91 bits per heavy atom. The molecule has 0 aromatic carbocycles. The Morgan fingerprint density at radius 1 is 1.73 bits per heavy atom. The van der Waals surface area contributed by atoms with Crippen LogP contribution in [0.1, 0.15) is 5.69 Å². The summed E-state index contributed by atoms with van der Waals surface area (Å²) in [4.78, 5) is 3.92. The van der Waals surface area contributed by atoms with E-state index in [1.165, 1.54) is 0 Å². The van der Waals surface area contributed by atoms with Crippen LogP contribution in [0.4, 0.5) is 5.82 Å². The van der Waals surface area contributed by atoms with Gasteiger partial charge in [0.25, 0.3) is 0 Å². The lowest BCUT2D eigenvalue weighted by Gasteiger charge is -1.93. The molecular formula is C8H11N3. The van der Waals surface area contributed by atoms with Crippen LogP contribution < -0.4 is 5.73 Å². The summed E-state index contributed by atoms with van der Waals surface area (Å²) in [7, 11) is 1.89. The molecule has 1 aromatic rings. The molecule has 0 fully saturated rings. The van der Waals surface area contributed by atoms with Crippen LogP contribution in [-0.4, -0.2) is 9.55 Å². The highest BCUT2D eigenvalue weighted by Crippen LogP contribution is 2.09. The molecular weight excluding hydrogens is 138 g/mol. The molecule has 3 nitrogen and oxygen atoms in total. The van der Waals surface area contributed by atoms with Gasteiger partial charge in [-0.2, -0.15) is 0 Å². The van der Waals surface area contributed by atoms with E-state index in [4.69, 9.17) is 5.73 Å². The Bertz CT molecular complexity index is 264. The van der Waals surface area contributed by atoms with Crippen LogP contribution in [0, 0.1) is 0 Å². The first-order chi connectivity index (χ1) is 5.25. The van der Waals surface area contributed by atoms with E-state index in [1.807, 2.05) is 23.8 Å². The monoisotopic (exact) mass is 149 g/mol. The number of anilines is 1. The summed E-state index contributed by atoms with van der Waals surface area (Å²) in [5.74, 6) is 0.547. The number of nitrogens with two attached hydrogens (primary N) is 1. The van der Waals surface area contributed by atoms with E-state index in [9.17, 15) is 0 Å². The third-order valence-corrected chi connectivity index (χ3v) is 1.40. The molecule has 0 aliphatic rings. The topological polar surface area (TPSA) is 43.8 Å². The highest BCUT2D eigenvalue weighted by molar-refractivity contribution is 5.58. The van der Waals surface area contributed by atoms with E-state index in [1.54, 1.807) is 12.4 Å². The van der Waals surface area contributed by atoms with Gasteiger partial charge in [-0.05, 0) is 6.08 Å². The Morgan fingerprint density at radius 2 is 2.45 bits per heavy atom. The van der Waals surface area contributed by atoms with Crippen LogP contribution in [0.3, 0.4) is 0 Å². The van der Waals surface area contributed by atoms with Gasteiger partial charge in [0.2, 0.25) is 0 Å². The lowest BCUT2D eigenvalue weighted by molar-refractivity contribution is 0.902. The lowest BCUT2D eigenvalue weighted by atomic mass is 10.3. The van der Waals surface area contributed by atoms with E-state index >= 15 is 0 Å². The number of aryl methyl sites for hydroxylation is 1. The largest absolute Gasteiger partial charge is 0.382 e. The molecule has 0 bridgehead atoms. The predicted octanol–water partition coefficient (Wildman–Crippen LogP) is 1.20. The standard InChI is InChI=1S/C8H11N3/c1-3-4-5-7-8(9)10-6-11(7)2/h3-6H,1,9H2,2H3/b5-4-. The van der Waals surface area contributed by atoms with E-state index in [-0.39, 0.29) is 0 Å². The van der Waals surface area contributed by atoms with Gasteiger partial charge >= 0.3 is 0 Å². The van der Waals surface area contributed by atoms with Crippen molar-refractivity contribution >= 4 is 11.9 Å². The van der Waals surface area contributed by atoms with E-state index in [2.05, 4.69) is 11.6 Å². The van der Waals surface area contributed by atoms with Crippen LogP contribution in [0.5, 0.6) is 0 Å². The molecule has 0 spiro atoms. The van der Waals surface area contributed by atoms with Crippen molar-refractivity contribution in [3.63, 3.8) is 0 Å². The summed E-state index contributed by atoms with van der Waals surface area (Å²) in [6.45, 7) is 3.56. The predicted molar refractivity (Wildman–Crippen MR) is 46.9 cm³/mol. The summed E-state index contributed by atoms with van der Waals surface area (Å²) < 4.78 is 1.86. The zero-order valence-corrected chi connectivity index (χ0v) is 6.49. The lowest BCUT2D eigenvalue weighted by Crippen LogP contribution is -1.92. The summed E-state index contributed by atoms with van der Waals surface area (Å²) in [5, 5.41) is 0. The summed E-state index contributed by atoms with van der Waals surface area (Å²) in [6, 6.07) is 0. The Balaban J connectivity index is 3.00. The molecule has 2 N–H and O–H groups in total. The third kappa shape index (κ3) is 1.49. The van der Waals surface area contributed by atoms with Crippen LogP contribution in [0.2, 0.25) is 0 Å². The van der Waals surface area contributed by atoms with Gasteiger partial charge in [0.05, 0.1) is 12.0 Å². The smallest absolute Gasteiger partial charge is 0.149 e. The maximum atomic E-state index is 5.56. The van der Waals surface area contributed by atoms with Crippen molar-refractivity contribution in [3.05, 3.63) is 30.8 Å². The normalized spacial score (nSPS) is 10.6. The number of imidazole rings is 1. The molecule has 11 heavy (non-hydrogen) atoms. The van der Waals surface area contributed by atoms with Gasteiger partial charge in [-0.3, -0.25) is 0 Å². The van der Waals surface area contributed by atoms with Crippen molar-refractivity contribution in [1.29, 1.82) is 0 Å². The number of nitrogens with zero attached hydrogens (tertiary/aromatic N) is 2. The van der Waals surface area contributed by atoms with Gasteiger partial charge in [-0.1, -0.05) is 18.7 Å². The van der Waals surface area contributed by atoms with Gasteiger partial charge in [-0.15, -0.1) is 0 Å². The molecule has 0 radical (unpaired) electrons. The van der Waals surface area contributed by atoms with Crippen LogP contribution in [-0.2, 0) is 7.05 Å². The minimum atomic E-state index is 0.547. The number of hydrogen-bond donors (Lipinski definition) is 1. The molecule has 0 saturated carbocycles. The first kappa shape index (κ1) is 7.60. The Labute approximate surface area is 65.9 Å². The Hall–Kier alpha value is -1.51. The Kier molecular flexibility index (Phi) is 2.11. The molecule has 0 aliphatic carbocycles. The summed E-state index contributed by atoms with van der Waals surface area (Å²) in [6.07, 6.45) is 7.08. The molecule has 58 valence electrons. The van der Waals surface area contributed by atoms with Crippen molar-refractivity contribution in [2.24, 2.45) is 7.05 Å². The molecule has 1 aromatic heterocycles. The van der Waals surface area contributed by atoms with Crippen molar-refractivity contribution < 1.29 is 0 Å². The van der Waals surface area contributed by atoms with Crippen LogP contribution in [0.25, 0.3) is 6.08 Å². The molecule has 0 unspecified atom stereocenters. The number of allylic oxidation sites excluding steroid dienone is 2. The van der Waals surface area contributed by atoms with Crippen molar-refractivity contribution in [2.75, 3.05) is 5.73 Å². The van der Waals surface area contributed by atoms with E-state index in [0.29, 0.717) is 5.82 Å². The molecule has 0 atom stereocenters. The van der Waals surface area contributed by atoms with E-state index < -0.39 is 0 Å². The molecule has 1 heterocycles. The molecule has 3 heteroatoms. The first-order valence-electron chi connectivity index (χ1n) is 3.31. The van der Waals surface area contributed by atoms with Gasteiger partial charge in [-0.25, -0.2) is 4.98 Å². The minimum absolute atomic E-state index is 0.547. The number of rotatable bonds is 2. The second-order valence-corrected chi connectivity index (χ2v) is 2.22. The molecule has 0 aliphatic heterocycles. The SMILES string of the molecule is C=C/C=C\c1c(N)ncn1C. The second-order valence-electron chi connectivity index (χ2n) is 2.22. The summed E-state index contributed by atoms with van der Waals surface area (Å²) in [5.41, 5.74) is 6.47. The molecule has 0 saturated heterocycles. The van der Waals surface area contributed by atoms with Crippen molar-refractivity contribution in [2.45, 2.75) is 0 Å². The third-order valence-electron chi connectivity index (χ3n) is 1.40. The maximum Gasteiger partial charge on any atom is 0.149 e.